The zero-order valence-corrected chi connectivity index (χ0v) is 17.8. The molecule has 156 valence electrons. The molecule has 1 saturated heterocycles. The van der Waals surface area contributed by atoms with Gasteiger partial charge in [-0.15, -0.1) is 0 Å². The van der Waals surface area contributed by atoms with Gasteiger partial charge in [-0.3, -0.25) is 4.79 Å². The molecule has 1 amide bonds. The van der Waals surface area contributed by atoms with Gasteiger partial charge in [-0.25, -0.2) is 13.2 Å². The van der Waals surface area contributed by atoms with E-state index in [4.69, 9.17) is 5.11 Å². The van der Waals surface area contributed by atoms with Crippen LogP contribution in [0, 0.1) is 21.0 Å². The molecule has 0 bridgehead atoms. The van der Waals surface area contributed by atoms with Gasteiger partial charge in [0.05, 0.1) is 18.7 Å². The van der Waals surface area contributed by atoms with Crippen molar-refractivity contribution < 1.29 is 28.2 Å². The van der Waals surface area contributed by atoms with Crippen LogP contribution < -0.4 is 0 Å². The summed E-state index contributed by atoms with van der Waals surface area (Å²) in [6.07, 6.45) is 1.36. The Morgan fingerprint density at radius 3 is 2.48 bits per heavy atom. The highest BCUT2D eigenvalue weighted by molar-refractivity contribution is 14.1. The number of likely N-dealkylation sites (tertiary alicyclic amines) is 1. The first-order valence-corrected chi connectivity index (χ1v) is 10.4. The van der Waals surface area contributed by atoms with Gasteiger partial charge in [0.2, 0.25) is 0 Å². The summed E-state index contributed by atoms with van der Waals surface area (Å²) in [7, 11) is 0. The van der Waals surface area contributed by atoms with Gasteiger partial charge in [-0.1, -0.05) is 6.07 Å². The van der Waals surface area contributed by atoms with Crippen molar-refractivity contribution >= 4 is 28.5 Å². The van der Waals surface area contributed by atoms with Crippen LogP contribution in [0.2, 0.25) is 0 Å². The van der Waals surface area contributed by atoms with Crippen LogP contribution in [0.25, 0.3) is 0 Å². The predicted molar refractivity (Wildman–Crippen MR) is 110 cm³/mol. The molecule has 3 rings (SSSR count). The molecule has 2 aromatic rings. The third-order valence-electron chi connectivity index (χ3n) is 5.12. The molecule has 0 atom stereocenters. The van der Waals surface area contributed by atoms with E-state index < -0.39 is 29.0 Å². The number of carbonyl (C=O) groups excluding carboxylic acids is 1. The molecule has 1 aliphatic heterocycles. The summed E-state index contributed by atoms with van der Waals surface area (Å²) in [5, 5.41) is 19.2. The second-order valence-electron chi connectivity index (χ2n) is 7.37. The van der Waals surface area contributed by atoms with Gasteiger partial charge in [-0.2, -0.15) is 0 Å². The third-order valence-corrected chi connectivity index (χ3v) is 5.79. The van der Waals surface area contributed by atoms with Crippen LogP contribution in [0.3, 0.4) is 0 Å². The number of nitrogens with zero attached hydrogens (tertiary/aromatic N) is 1. The van der Waals surface area contributed by atoms with Gasteiger partial charge in [-0.05, 0) is 71.7 Å². The van der Waals surface area contributed by atoms with E-state index in [0.717, 1.165) is 6.07 Å². The molecule has 4 nitrogen and oxygen atoms in total. The van der Waals surface area contributed by atoms with Gasteiger partial charge in [0.15, 0.2) is 11.6 Å². The summed E-state index contributed by atoms with van der Waals surface area (Å²) in [5.74, 6) is -3.36. The number of halogens is 4. The number of carbonyl (C=O) groups is 1. The minimum atomic E-state index is -1.17. The van der Waals surface area contributed by atoms with Gasteiger partial charge >= 0.3 is 0 Å². The smallest absolute Gasteiger partial charge is 0.254 e. The number of hydrogen-bond acceptors (Lipinski definition) is 3. The Balaban J connectivity index is 1.81. The second kappa shape index (κ2) is 9.01. The van der Waals surface area contributed by atoms with Crippen molar-refractivity contribution in [1.29, 1.82) is 0 Å². The van der Waals surface area contributed by atoms with Crippen LogP contribution in [-0.2, 0) is 6.42 Å². The molecule has 1 aliphatic rings. The van der Waals surface area contributed by atoms with Gasteiger partial charge < -0.3 is 15.1 Å². The Morgan fingerprint density at radius 1 is 1.10 bits per heavy atom. The van der Waals surface area contributed by atoms with Crippen molar-refractivity contribution in [3.8, 4) is 0 Å². The standard InChI is InChI=1S/C21H21F3INO3/c22-17-6-5-15(20(28)26-11-21(29,12-26)7-1-2-8-27)16(19(17)24)9-13-3-4-14(25)10-18(13)23/h3-6,10,27,29H,1-2,7-9,11-12H2. The van der Waals surface area contributed by atoms with E-state index in [2.05, 4.69) is 0 Å². The second-order valence-corrected chi connectivity index (χ2v) is 8.61. The van der Waals surface area contributed by atoms with Crippen molar-refractivity contribution in [2.45, 2.75) is 31.3 Å². The van der Waals surface area contributed by atoms with Gasteiger partial charge in [0.25, 0.3) is 5.91 Å². The Hall–Kier alpha value is -1.65. The average molecular weight is 519 g/mol. The van der Waals surface area contributed by atoms with E-state index in [1.807, 2.05) is 22.6 Å². The zero-order valence-electron chi connectivity index (χ0n) is 15.6. The first-order valence-electron chi connectivity index (χ1n) is 9.27. The molecule has 8 heteroatoms. The van der Waals surface area contributed by atoms with Crippen LogP contribution in [0.15, 0.2) is 30.3 Å². The molecular weight excluding hydrogens is 498 g/mol. The average Bonchev–Trinajstić information content (AvgIpc) is 2.65. The Labute approximate surface area is 180 Å². The van der Waals surface area contributed by atoms with Crippen LogP contribution in [-0.4, -0.2) is 46.3 Å². The fourth-order valence-electron chi connectivity index (χ4n) is 3.52. The Morgan fingerprint density at radius 2 is 1.83 bits per heavy atom. The molecule has 0 spiro atoms. The number of hydrogen-bond donors (Lipinski definition) is 2. The van der Waals surface area contributed by atoms with Crippen LogP contribution in [0.5, 0.6) is 0 Å². The molecule has 29 heavy (non-hydrogen) atoms. The molecule has 2 N–H and O–H groups in total. The molecule has 0 radical (unpaired) electrons. The maximum absolute atomic E-state index is 14.5. The monoisotopic (exact) mass is 519 g/mol. The maximum atomic E-state index is 14.5. The lowest BCUT2D eigenvalue weighted by atomic mass is 9.87. The van der Waals surface area contributed by atoms with Crippen molar-refractivity contribution in [3.05, 3.63) is 68.0 Å². The highest BCUT2D eigenvalue weighted by Gasteiger charge is 2.43. The fraction of sp³-hybridized carbons (Fsp3) is 0.381. The molecule has 0 unspecified atom stereocenters. The normalized spacial score (nSPS) is 15.3. The number of unbranched alkanes of at least 4 members (excludes halogenated alkanes) is 1. The largest absolute Gasteiger partial charge is 0.396 e. The zero-order chi connectivity index (χ0) is 21.2. The molecule has 0 saturated carbocycles. The quantitative estimate of drug-likeness (QED) is 0.434. The van der Waals surface area contributed by atoms with Crippen molar-refractivity contribution in [1.82, 2.24) is 4.90 Å². The third kappa shape index (κ3) is 4.92. The number of benzene rings is 2. The topological polar surface area (TPSA) is 60.8 Å². The van der Waals surface area contributed by atoms with Crippen molar-refractivity contribution in [3.63, 3.8) is 0 Å². The molecule has 1 fully saturated rings. The van der Waals surface area contributed by atoms with E-state index in [1.165, 1.54) is 23.1 Å². The maximum Gasteiger partial charge on any atom is 0.254 e. The lowest BCUT2D eigenvalue weighted by molar-refractivity contribution is -0.0872. The molecule has 2 aromatic carbocycles. The minimum Gasteiger partial charge on any atom is -0.396 e. The molecule has 1 heterocycles. The lowest BCUT2D eigenvalue weighted by Crippen LogP contribution is -2.63. The Bertz CT molecular complexity index is 916. The lowest BCUT2D eigenvalue weighted by Gasteiger charge is -2.46. The molecule has 0 aliphatic carbocycles. The summed E-state index contributed by atoms with van der Waals surface area (Å²) in [6, 6.07) is 6.50. The SMILES string of the molecule is O=C(c1ccc(F)c(F)c1Cc1ccc(I)cc1F)N1CC(O)(CCCCO)C1. The van der Waals surface area contributed by atoms with Gasteiger partial charge in [0.1, 0.15) is 5.82 Å². The van der Waals surface area contributed by atoms with Crippen LogP contribution >= 0.6 is 22.6 Å². The van der Waals surface area contributed by atoms with E-state index in [1.54, 1.807) is 6.07 Å². The predicted octanol–water partition coefficient (Wildman–Crippen LogP) is 3.65. The summed E-state index contributed by atoms with van der Waals surface area (Å²) >= 11 is 1.95. The number of amides is 1. The van der Waals surface area contributed by atoms with Crippen molar-refractivity contribution in [2.75, 3.05) is 19.7 Å². The van der Waals surface area contributed by atoms with Crippen LogP contribution in [0.1, 0.15) is 40.7 Å². The van der Waals surface area contributed by atoms with E-state index in [0.29, 0.717) is 22.8 Å². The van der Waals surface area contributed by atoms with Gasteiger partial charge in [0, 0.05) is 27.7 Å². The van der Waals surface area contributed by atoms with E-state index in [-0.39, 0.29) is 42.8 Å². The molecular formula is C21H21F3INO3. The summed E-state index contributed by atoms with van der Waals surface area (Å²) < 4.78 is 43.2. The number of aliphatic hydroxyl groups is 2. The number of β-amino-alcohol motifs (C(OH)–C–C–N with tert-alkyl or cyclic N) is 1. The number of rotatable bonds is 7. The fourth-order valence-corrected chi connectivity index (χ4v) is 3.98. The summed E-state index contributed by atoms with van der Waals surface area (Å²) in [4.78, 5) is 14.2. The number of aliphatic hydroxyl groups excluding tert-OH is 1. The van der Waals surface area contributed by atoms with Crippen LogP contribution in [0.4, 0.5) is 13.2 Å². The van der Waals surface area contributed by atoms with E-state index in [9.17, 15) is 23.1 Å². The van der Waals surface area contributed by atoms with E-state index >= 15 is 0 Å². The van der Waals surface area contributed by atoms with Crippen molar-refractivity contribution in [2.24, 2.45) is 0 Å². The first-order chi connectivity index (χ1) is 13.7. The molecule has 0 aromatic heterocycles. The summed E-state index contributed by atoms with van der Waals surface area (Å²) in [5.41, 5.74) is -1.12. The first kappa shape index (κ1) is 22.0. The highest BCUT2D eigenvalue weighted by atomic mass is 127. The minimum absolute atomic E-state index is 0.0338. The Kier molecular flexibility index (Phi) is 6.85. The summed E-state index contributed by atoms with van der Waals surface area (Å²) in [6.45, 7) is 0.188. The highest BCUT2D eigenvalue weighted by Crippen LogP contribution is 2.30.